The van der Waals surface area contributed by atoms with Crippen molar-refractivity contribution in [1.29, 1.82) is 0 Å². The van der Waals surface area contributed by atoms with Crippen molar-refractivity contribution in [3.63, 3.8) is 0 Å². The summed E-state index contributed by atoms with van der Waals surface area (Å²) < 4.78 is 18.7. The van der Waals surface area contributed by atoms with Crippen LogP contribution in [0.2, 0.25) is 6.04 Å². The van der Waals surface area contributed by atoms with Crippen LogP contribution in [0, 0.1) is 5.92 Å². The van der Waals surface area contributed by atoms with Crippen molar-refractivity contribution in [2.24, 2.45) is 5.92 Å². The van der Waals surface area contributed by atoms with E-state index in [1.807, 2.05) is 0 Å². The molecule has 1 saturated heterocycles. The molecule has 0 N–H and O–H groups in total. The summed E-state index contributed by atoms with van der Waals surface area (Å²) in [5, 5.41) is 1.29. The lowest BCUT2D eigenvalue weighted by Gasteiger charge is -2.33. The standard InChI is InChI=1S/C20H32O3Si/c1-3-13-21-24(22-14-4-2,18-8-6-5-7-9-18)15-12-17-10-11-19-20(16-17)23-19/h5-9,17,19-20H,3-4,10-16H2,1-2H3. The lowest BCUT2D eigenvalue weighted by Crippen LogP contribution is -2.54. The fourth-order valence-corrected chi connectivity index (χ4v) is 7.42. The largest absolute Gasteiger partial charge is 0.391 e. The van der Waals surface area contributed by atoms with Crippen LogP contribution in [0.15, 0.2) is 30.3 Å². The lowest BCUT2D eigenvalue weighted by atomic mass is 9.88. The second kappa shape index (κ2) is 8.61. The molecule has 3 nitrogen and oxygen atoms in total. The van der Waals surface area contributed by atoms with Gasteiger partial charge in [0.25, 0.3) is 0 Å². The summed E-state index contributed by atoms with van der Waals surface area (Å²) in [6, 6.07) is 11.8. The third-order valence-electron chi connectivity index (χ3n) is 5.29. The first-order valence-corrected chi connectivity index (χ1v) is 11.8. The van der Waals surface area contributed by atoms with E-state index in [-0.39, 0.29) is 0 Å². The van der Waals surface area contributed by atoms with Crippen LogP contribution in [-0.4, -0.2) is 34.0 Å². The van der Waals surface area contributed by atoms with Crippen molar-refractivity contribution < 1.29 is 13.6 Å². The zero-order valence-corrected chi connectivity index (χ0v) is 16.2. The second-order valence-corrected chi connectivity index (χ2v) is 10.4. The molecule has 1 aliphatic heterocycles. The number of benzene rings is 1. The van der Waals surface area contributed by atoms with Gasteiger partial charge >= 0.3 is 8.56 Å². The molecule has 0 bridgehead atoms. The molecular weight excluding hydrogens is 316 g/mol. The van der Waals surface area contributed by atoms with Crippen LogP contribution in [0.5, 0.6) is 0 Å². The van der Waals surface area contributed by atoms with Gasteiger partial charge in [-0.3, -0.25) is 0 Å². The molecule has 1 saturated carbocycles. The number of hydrogen-bond acceptors (Lipinski definition) is 3. The quantitative estimate of drug-likeness (QED) is 0.470. The normalized spacial score (nSPS) is 26.2. The van der Waals surface area contributed by atoms with E-state index in [1.54, 1.807) is 0 Å². The smallest absolute Gasteiger partial charge is 0.372 e. The minimum absolute atomic E-state index is 0.560. The average molecular weight is 349 g/mol. The summed E-state index contributed by atoms with van der Waals surface area (Å²) >= 11 is 0. The van der Waals surface area contributed by atoms with E-state index >= 15 is 0 Å². The number of fused-ring (bicyclic) bond motifs is 1. The van der Waals surface area contributed by atoms with Crippen molar-refractivity contribution in [2.45, 2.75) is 70.6 Å². The van der Waals surface area contributed by atoms with Crippen LogP contribution in [-0.2, 0) is 13.6 Å². The molecule has 1 aliphatic carbocycles. The Balaban J connectivity index is 1.70. The predicted molar refractivity (Wildman–Crippen MR) is 99.7 cm³/mol. The minimum Gasteiger partial charge on any atom is -0.391 e. The Bertz CT molecular complexity index is 485. The highest BCUT2D eigenvalue weighted by molar-refractivity contribution is 6.81. The Kier molecular flexibility index (Phi) is 6.50. The molecule has 3 rings (SSSR count). The zero-order chi connectivity index (χ0) is 16.8. The van der Waals surface area contributed by atoms with Crippen molar-refractivity contribution in [3.05, 3.63) is 30.3 Å². The highest BCUT2D eigenvalue weighted by atomic mass is 28.4. The Morgan fingerprint density at radius 3 is 2.33 bits per heavy atom. The van der Waals surface area contributed by atoms with Gasteiger partial charge in [0.1, 0.15) is 0 Å². The summed E-state index contributed by atoms with van der Waals surface area (Å²) in [6.07, 6.45) is 8.24. The van der Waals surface area contributed by atoms with Crippen LogP contribution in [0.1, 0.15) is 52.4 Å². The van der Waals surface area contributed by atoms with Crippen LogP contribution in [0.25, 0.3) is 0 Å². The molecule has 0 radical (unpaired) electrons. The molecule has 3 unspecified atom stereocenters. The molecule has 24 heavy (non-hydrogen) atoms. The summed E-state index contributed by atoms with van der Waals surface area (Å²) in [7, 11) is -2.35. The third-order valence-corrected chi connectivity index (χ3v) is 8.79. The fourth-order valence-electron chi connectivity index (χ4n) is 3.87. The van der Waals surface area contributed by atoms with Crippen molar-refractivity contribution in [3.8, 4) is 0 Å². The van der Waals surface area contributed by atoms with Crippen LogP contribution < -0.4 is 5.19 Å². The topological polar surface area (TPSA) is 31.0 Å². The van der Waals surface area contributed by atoms with Gasteiger partial charge in [0.15, 0.2) is 0 Å². The van der Waals surface area contributed by atoms with E-state index in [4.69, 9.17) is 13.6 Å². The summed E-state index contributed by atoms with van der Waals surface area (Å²) in [4.78, 5) is 0. The maximum atomic E-state index is 6.48. The van der Waals surface area contributed by atoms with E-state index in [0.717, 1.165) is 38.0 Å². The van der Waals surface area contributed by atoms with Crippen LogP contribution in [0.3, 0.4) is 0 Å². The van der Waals surface area contributed by atoms with Gasteiger partial charge in [-0.05, 0) is 55.7 Å². The Hall–Kier alpha value is -0.683. The van der Waals surface area contributed by atoms with Gasteiger partial charge in [0.2, 0.25) is 0 Å². The van der Waals surface area contributed by atoms with E-state index in [0.29, 0.717) is 12.2 Å². The average Bonchev–Trinajstić information content (AvgIpc) is 3.41. The molecule has 134 valence electrons. The van der Waals surface area contributed by atoms with Gasteiger partial charge in [-0.1, -0.05) is 44.2 Å². The molecule has 1 aromatic rings. The molecule has 1 heterocycles. The number of rotatable bonds is 10. The van der Waals surface area contributed by atoms with Gasteiger partial charge < -0.3 is 13.6 Å². The molecule has 1 aromatic carbocycles. The number of hydrogen-bond donors (Lipinski definition) is 0. The predicted octanol–water partition coefficient (Wildman–Crippen LogP) is 4.15. The highest BCUT2D eigenvalue weighted by Gasteiger charge is 2.45. The fraction of sp³-hybridized carbons (Fsp3) is 0.700. The summed E-state index contributed by atoms with van der Waals surface area (Å²) in [6.45, 7) is 5.94. The molecule has 2 aliphatic rings. The Morgan fingerprint density at radius 1 is 1.00 bits per heavy atom. The monoisotopic (exact) mass is 348 g/mol. The molecule has 0 aromatic heterocycles. The minimum atomic E-state index is -2.35. The maximum absolute atomic E-state index is 6.48. The molecule has 0 amide bonds. The van der Waals surface area contributed by atoms with Crippen molar-refractivity contribution in [2.75, 3.05) is 13.2 Å². The molecule has 3 atom stereocenters. The van der Waals surface area contributed by atoms with E-state index < -0.39 is 8.56 Å². The van der Waals surface area contributed by atoms with Crippen LogP contribution >= 0.6 is 0 Å². The van der Waals surface area contributed by atoms with Gasteiger partial charge in [-0.25, -0.2) is 0 Å². The number of epoxide rings is 1. The molecule has 0 spiro atoms. The van der Waals surface area contributed by atoms with Crippen molar-refractivity contribution >= 4 is 13.7 Å². The van der Waals surface area contributed by atoms with Gasteiger partial charge in [0, 0.05) is 13.2 Å². The summed E-state index contributed by atoms with van der Waals surface area (Å²) in [5.41, 5.74) is 0. The first-order valence-electron chi connectivity index (χ1n) is 9.76. The molecule has 2 fully saturated rings. The maximum Gasteiger partial charge on any atom is 0.372 e. The molecular formula is C20H32O3Si. The van der Waals surface area contributed by atoms with Gasteiger partial charge in [-0.2, -0.15) is 0 Å². The lowest BCUT2D eigenvalue weighted by molar-refractivity contribution is 0.176. The highest BCUT2D eigenvalue weighted by Crippen LogP contribution is 2.41. The molecule has 4 heteroatoms. The SMILES string of the molecule is CCCO[Si](CCC1CCC2OC2C1)(OCCC)c1ccccc1. The Morgan fingerprint density at radius 2 is 1.71 bits per heavy atom. The van der Waals surface area contributed by atoms with Gasteiger partial charge in [0.05, 0.1) is 12.2 Å². The third kappa shape index (κ3) is 4.48. The van der Waals surface area contributed by atoms with E-state index in [9.17, 15) is 0 Å². The van der Waals surface area contributed by atoms with E-state index in [1.165, 1.54) is 30.9 Å². The second-order valence-electron chi connectivity index (χ2n) is 7.25. The van der Waals surface area contributed by atoms with E-state index in [2.05, 4.69) is 44.2 Å². The first kappa shape index (κ1) is 18.1. The number of ether oxygens (including phenoxy) is 1. The first-order chi connectivity index (χ1) is 11.8. The summed E-state index contributed by atoms with van der Waals surface area (Å²) in [5.74, 6) is 0.778. The zero-order valence-electron chi connectivity index (χ0n) is 15.2. The Labute approximate surface area is 147 Å². The van der Waals surface area contributed by atoms with Gasteiger partial charge in [-0.15, -0.1) is 0 Å². The van der Waals surface area contributed by atoms with Crippen molar-refractivity contribution in [1.82, 2.24) is 0 Å². The van der Waals surface area contributed by atoms with Crippen LogP contribution in [0.4, 0.5) is 0 Å².